The largest absolute Gasteiger partial charge is 0.393 e. The van der Waals surface area contributed by atoms with Crippen molar-refractivity contribution in [1.82, 2.24) is 5.32 Å². The molecule has 0 saturated heterocycles. The number of aliphatic hydroxyl groups is 1. The zero-order valence-corrected chi connectivity index (χ0v) is 9.94. The van der Waals surface area contributed by atoms with Crippen molar-refractivity contribution in [3.05, 3.63) is 29.8 Å². The van der Waals surface area contributed by atoms with Gasteiger partial charge in [0.1, 0.15) is 0 Å². The Bertz CT molecular complexity index is 383. The number of carbonyl (C=O) groups is 1. The van der Waals surface area contributed by atoms with Crippen LogP contribution in [-0.2, 0) is 11.3 Å². The molecule has 1 amide bonds. The molecule has 0 atom stereocenters. The monoisotopic (exact) mass is 234 g/mol. The molecule has 0 bridgehead atoms. The minimum absolute atomic E-state index is 0.0562. The van der Waals surface area contributed by atoms with Crippen LogP contribution in [0.15, 0.2) is 24.3 Å². The number of anilines is 1. The molecule has 1 aromatic carbocycles. The van der Waals surface area contributed by atoms with Crippen LogP contribution in [0.2, 0.25) is 0 Å². The molecule has 17 heavy (non-hydrogen) atoms. The number of aliphatic hydroxyl groups excluding tert-OH is 1. The Kier molecular flexibility index (Phi) is 3.76. The van der Waals surface area contributed by atoms with Gasteiger partial charge in [-0.15, -0.1) is 0 Å². The van der Waals surface area contributed by atoms with E-state index in [1.807, 2.05) is 24.3 Å². The molecular formula is C13H18N2O2. The van der Waals surface area contributed by atoms with Crippen molar-refractivity contribution in [2.75, 3.05) is 5.32 Å². The molecule has 0 aromatic heterocycles. The standard InChI is InChI=1S/C13H18N2O2/c1-9(16)15-11-4-2-10(3-5-11)8-14-12-6-13(17)7-12/h2-5,12-14,17H,6-8H2,1H3,(H,15,16). The fourth-order valence-corrected chi connectivity index (χ4v) is 1.93. The van der Waals surface area contributed by atoms with Gasteiger partial charge in [0.25, 0.3) is 0 Å². The Morgan fingerprint density at radius 3 is 2.53 bits per heavy atom. The van der Waals surface area contributed by atoms with Crippen LogP contribution in [-0.4, -0.2) is 23.2 Å². The molecule has 1 saturated carbocycles. The normalized spacial score (nSPS) is 22.9. The second-order valence-electron chi connectivity index (χ2n) is 4.58. The van der Waals surface area contributed by atoms with Crippen molar-refractivity contribution < 1.29 is 9.90 Å². The Morgan fingerprint density at radius 1 is 1.35 bits per heavy atom. The van der Waals surface area contributed by atoms with Crippen LogP contribution in [0, 0.1) is 0 Å². The summed E-state index contributed by atoms with van der Waals surface area (Å²) in [5.41, 5.74) is 2.00. The minimum atomic E-state index is -0.116. The van der Waals surface area contributed by atoms with E-state index in [-0.39, 0.29) is 12.0 Å². The molecular weight excluding hydrogens is 216 g/mol. The minimum Gasteiger partial charge on any atom is -0.393 e. The van der Waals surface area contributed by atoms with Gasteiger partial charge in [-0.05, 0) is 30.5 Å². The van der Waals surface area contributed by atoms with E-state index in [1.54, 1.807) is 0 Å². The molecule has 4 nitrogen and oxygen atoms in total. The zero-order chi connectivity index (χ0) is 12.3. The highest BCUT2D eigenvalue weighted by molar-refractivity contribution is 5.88. The third-order valence-electron chi connectivity index (χ3n) is 2.98. The topological polar surface area (TPSA) is 61.4 Å². The van der Waals surface area contributed by atoms with E-state index in [4.69, 9.17) is 5.11 Å². The molecule has 1 aromatic rings. The van der Waals surface area contributed by atoms with Gasteiger partial charge < -0.3 is 15.7 Å². The van der Waals surface area contributed by atoms with E-state index in [2.05, 4.69) is 10.6 Å². The van der Waals surface area contributed by atoms with Crippen LogP contribution < -0.4 is 10.6 Å². The number of hydrogen-bond acceptors (Lipinski definition) is 3. The Labute approximate surface area is 101 Å². The Hall–Kier alpha value is -1.39. The van der Waals surface area contributed by atoms with Crippen molar-refractivity contribution in [3.63, 3.8) is 0 Å². The summed E-state index contributed by atoms with van der Waals surface area (Å²) in [4.78, 5) is 10.8. The molecule has 0 spiro atoms. The molecule has 0 radical (unpaired) electrons. The predicted molar refractivity (Wildman–Crippen MR) is 66.6 cm³/mol. The van der Waals surface area contributed by atoms with E-state index < -0.39 is 0 Å². The van der Waals surface area contributed by atoms with Gasteiger partial charge >= 0.3 is 0 Å². The molecule has 2 rings (SSSR count). The van der Waals surface area contributed by atoms with Gasteiger partial charge in [0.15, 0.2) is 0 Å². The van der Waals surface area contributed by atoms with E-state index in [9.17, 15) is 4.79 Å². The maximum atomic E-state index is 10.8. The summed E-state index contributed by atoms with van der Waals surface area (Å²) in [6.07, 6.45) is 1.59. The van der Waals surface area contributed by atoms with Crippen molar-refractivity contribution >= 4 is 11.6 Å². The molecule has 1 fully saturated rings. The number of benzene rings is 1. The van der Waals surface area contributed by atoms with Gasteiger partial charge in [0, 0.05) is 25.2 Å². The van der Waals surface area contributed by atoms with E-state index >= 15 is 0 Å². The highest BCUT2D eigenvalue weighted by Crippen LogP contribution is 2.20. The molecule has 1 aliphatic rings. The SMILES string of the molecule is CC(=O)Nc1ccc(CNC2CC(O)C2)cc1. The van der Waals surface area contributed by atoms with Gasteiger partial charge in [0.2, 0.25) is 5.91 Å². The molecule has 92 valence electrons. The number of rotatable bonds is 4. The summed E-state index contributed by atoms with van der Waals surface area (Å²) in [6.45, 7) is 2.30. The quantitative estimate of drug-likeness (QED) is 0.735. The number of nitrogens with one attached hydrogen (secondary N) is 2. The predicted octanol–water partition coefficient (Wildman–Crippen LogP) is 1.26. The lowest BCUT2D eigenvalue weighted by Crippen LogP contribution is -2.43. The van der Waals surface area contributed by atoms with Crippen LogP contribution in [0.3, 0.4) is 0 Å². The summed E-state index contributed by atoms with van der Waals surface area (Å²) >= 11 is 0. The van der Waals surface area contributed by atoms with Crippen LogP contribution in [0.5, 0.6) is 0 Å². The number of amides is 1. The Morgan fingerprint density at radius 2 is 2.00 bits per heavy atom. The summed E-state index contributed by atoms with van der Waals surface area (Å²) in [5, 5.41) is 15.3. The third kappa shape index (κ3) is 3.54. The zero-order valence-electron chi connectivity index (χ0n) is 9.94. The third-order valence-corrected chi connectivity index (χ3v) is 2.98. The highest BCUT2D eigenvalue weighted by Gasteiger charge is 2.26. The summed E-state index contributed by atoms with van der Waals surface area (Å²) < 4.78 is 0. The van der Waals surface area contributed by atoms with Gasteiger partial charge in [0.05, 0.1) is 6.10 Å². The Balaban J connectivity index is 1.79. The van der Waals surface area contributed by atoms with Crippen LogP contribution >= 0.6 is 0 Å². The first-order chi connectivity index (χ1) is 8.13. The maximum absolute atomic E-state index is 10.8. The summed E-state index contributed by atoms with van der Waals surface area (Å²) in [7, 11) is 0. The molecule has 3 N–H and O–H groups in total. The second kappa shape index (κ2) is 5.29. The van der Waals surface area contributed by atoms with Gasteiger partial charge in [-0.2, -0.15) is 0 Å². The molecule has 0 heterocycles. The van der Waals surface area contributed by atoms with Crippen molar-refractivity contribution in [2.45, 2.75) is 38.5 Å². The average Bonchev–Trinajstić information content (AvgIpc) is 2.24. The average molecular weight is 234 g/mol. The number of hydrogen-bond donors (Lipinski definition) is 3. The van der Waals surface area contributed by atoms with Crippen LogP contribution in [0.4, 0.5) is 5.69 Å². The van der Waals surface area contributed by atoms with E-state index in [0.29, 0.717) is 6.04 Å². The molecule has 0 aliphatic heterocycles. The van der Waals surface area contributed by atoms with Crippen molar-refractivity contribution in [3.8, 4) is 0 Å². The first kappa shape index (κ1) is 12.1. The molecule has 1 aliphatic carbocycles. The fraction of sp³-hybridized carbons (Fsp3) is 0.462. The summed E-state index contributed by atoms with van der Waals surface area (Å²) in [6, 6.07) is 8.23. The van der Waals surface area contributed by atoms with Crippen LogP contribution in [0.1, 0.15) is 25.3 Å². The second-order valence-corrected chi connectivity index (χ2v) is 4.58. The van der Waals surface area contributed by atoms with Gasteiger partial charge in [-0.1, -0.05) is 12.1 Å². The van der Waals surface area contributed by atoms with Gasteiger partial charge in [-0.25, -0.2) is 0 Å². The van der Waals surface area contributed by atoms with Gasteiger partial charge in [-0.3, -0.25) is 4.79 Å². The first-order valence-electron chi connectivity index (χ1n) is 5.91. The lowest BCUT2D eigenvalue weighted by molar-refractivity contribution is -0.114. The molecule has 0 unspecified atom stereocenters. The lowest BCUT2D eigenvalue weighted by atomic mass is 9.89. The highest BCUT2D eigenvalue weighted by atomic mass is 16.3. The van der Waals surface area contributed by atoms with E-state index in [0.717, 1.165) is 25.1 Å². The summed E-state index contributed by atoms with van der Waals surface area (Å²) in [5.74, 6) is -0.0562. The van der Waals surface area contributed by atoms with E-state index in [1.165, 1.54) is 12.5 Å². The lowest BCUT2D eigenvalue weighted by Gasteiger charge is -2.32. The van der Waals surface area contributed by atoms with Crippen molar-refractivity contribution in [2.24, 2.45) is 0 Å². The number of carbonyl (C=O) groups excluding carboxylic acids is 1. The van der Waals surface area contributed by atoms with Crippen molar-refractivity contribution in [1.29, 1.82) is 0 Å². The fourth-order valence-electron chi connectivity index (χ4n) is 1.93. The maximum Gasteiger partial charge on any atom is 0.221 e. The molecule has 4 heteroatoms. The van der Waals surface area contributed by atoms with Crippen LogP contribution in [0.25, 0.3) is 0 Å². The smallest absolute Gasteiger partial charge is 0.221 e. The first-order valence-corrected chi connectivity index (χ1v) is 5.91.